The maximum atomic E-state index is 13.0. The normalized spacial score (nSPS) is 16.2. The zero-order chi connectivity index (χ0) is 19.6. The number of hydrogen-bond donors (Lipinski definition) is 1. The zero-order valence-electron chi connectivity index (χ0n) is 15.1. The van der Waals surface area contributed by atoms with Crippen molar-refractivity contribution in [3.63, 3.8) is 0 Å². The molecule has 0 radical (unpaired) electrons. The summed E-state index contributed by atoms with van der Waals surface area (Å²) in [5.41, 5.74) is 1.74. The molecule has 3 rings (SSSR count). The molecule has 6 nitrogen and oxygen atoms in total. The average molecular weight is 430 g/mol. The van der Waals surface area contributed by atoms with E-state index in [1.807, 2.05) is 19.1 Å². The van der Waals surface area contributed by atoms with E-state index in [-0.39, 0.29) is 36.7 Å². The van der Waals surface area contributed by atoms with Crippen molar-refractivity contribution in [1.82, 2.24) is 4.90 Å². The molecule has 0 bridgehead atoms. The minimum absolute atomic E-state index is 0.0851. The Morgan fingerprint density at radius 3 is 2.70 bits per heavy atom. The predicted octanol–water partition coefficient (Wildman–Crippen LogP) is 3.29. The number of benzene rings is 2. The number of nitrogens with one attached hydrogen (secondary N) is 1. The Kier molecular flexibility index (Phi) is 5.60. The summed E-state index contributed by atoms with van der Waals surface area (Å²) in [5, 5.41) is 2.83. The molecule has 7 heteroatoms. The lowest BCUT2D eigenvalue weighted by Gasteiger charge is -2.29. The van der Waals surface area contributed by atoms with Gasteiger partial charge in [-0.05, 0) is 37.3 Å². The van der Waals surface area contributed by atoms with Gasteiger partial charge in [-0.25, -0.2) is 0 Å². The lowest BCUT2D eigenvalue weighted by molar-refractivity contribution is -0.119. The molecule has 0 aliphatic carbocycles. The molecule has 0 spiro atoms. The third-order valence-electron chi connectivity index (χ3n) is 4.42. The molecule has 1 aliphatic rings. The van der Waals surface area contributed by atoms with Crippen LogP contribution in [0, 0.1) is 0 Å². The zero-order valence-corrected chi connectivity index (χ0v) is 16.7. The van der Waals surface area contributed by atoms with Crippen LogP contribution in [0.3, 0.4) is 0 Å². The third kappa shape index (κ3) is 4.19. The Morgan fingerprint density at radius 1 is 1.22 bits per heavy atom. The first-order valence-corrected chi connectivity index (χ1v) is 9.38. The molecule has 1 unspecified atom stereocenters. The van der Waals surface area contributed by atoms with Crippen molar-refractivity contribution in [2.75, 3.05) is 23.8 Å². The maximum Gasteiger partial charge on any atom is 0.254 e. The number of nitrogens with zero attached hydrogens (tertiary/aromatic N) is 2. The number of anilines is 2. The highest BCUT2D eigenvalue weighted by atomic mass is 79.9. The van der Waals surface area contributed by atoms with Crippen molar-refractivity contribution in [2.24, 2.45) is 0 Å². The molecular formula is C20H20BrN3O3. The predicted molar refractivity (Wildman–Crippen MR) is 108 cm³/mol. The molecule has 3 amide bonds. The minimum Gasteiger partial charge on any atom is -0.332 e. The molecule has 2 aromatic carbocycles. The van der Waals surface area contributed by atoms with Crippen LogP contribution in [0.2, 0.25) is 0 Å². The van der Waals surface area contributed by atoms with Crippen LogP contribution in [-0.4, -0.2) is 42.3 Å². The molecule has 140 valence electrons. The summed E-state index contributed by atoms with van der Waals surface area (Å²) in [6, 6.07) is 13.9. The van der Waals surface area contributed by atoms with Gasteiger partial charge < -0.3 is 15.1 Å². The molecule has 1 atom stereocenters. The van der Waals surface area contributed by atoms with Gasteiger partial charge in [0.15, 0.2) is 0 Å². The van der Waals surface area contributed by atoms with Crippen LogP contribution >= 0.6 is 15.9 Å². The van der Waals surface area contributed by atoms with Crippen LogP contribution in [0.5, 0.6) is 0 Å². The Hall–Kier alpha value is -2.67. The lowest BCUT2D eigenvalue weighted by atomic mass is 10.1. The summed E-state index contributed by atoms with van der Waals surface area (Å²) in [4.78, 5) is 40.7. The molecular weight excluding hydrogens is 410 g/mol. The average Bonchev–Trinajstić information content (AvgIpc) is 2.75. The second kappa shape index (κ2) is 7.92. The monoisotopic (exact) mass is 429 g/mol. The summed E-state index contributed by atoms with van der Waals surface area (Å²) < 4.78 is 0.799. The van der Waals surface area contributed by atoms with E-state index in [1.165, 1.54) is 4.90 Å². The molecule has 27 heavy (non-hydrogen) atoms. The first-order valence-electron chi connectivity index (χ1n) is 8.59. The molecule has 0 fully saturated rings. The number of amides is 3. The van der Waals surface area contributed by atoms with Gasteiger partial charge in [-0.15, -0.1) is 0 Å². The van der Waals surface area contributed by atoms with Crippen molar-refractivity contribution >= 4 is 45.0 Å². The van der Waals surface area contributed by atoms with Gasteiger partial charge in [-0.1, -0.05) is 34.1 Å². The van der Waals surface area contributed by atoms with E-state index in [2.05, 4.69) is 21.2 Å². The van der Waals surface area contributed by atoms with Gasteiger partial charge in [0, 0.05) is 29.5 Å². The highest BCUT2D eigenvalue weighted by Crippen LogP contribution is 2.31. The molecule has 0 aromatic heterocycles. The standard InChI is InChI=1S/C20H20BrN3O3/c1-13-10-18(25)22-16-8-3-4-9-17(16)24(13)19(26)12-23(2)20(27)14-6-5-7-15(21)11-14/h3-9,11,13H,10,12H2,1-2H3,(H,22,25). The van der Waals surface area contributed by atoms with E-state index >= 15 is 0 Å². The quantitative estimate of drug-likeness (QED) is 0.813. The number of halogens is 1. The van der Waals surface area contributed by atoms with Crippen LogP contribution in [0.4, 0.5) is 11.4 Å². The number of likely N-dealkylation sites (N-methyl/N-ethyl adjacent to an activating group) is 1. The second-order valence-electron chi connectivity index (χ2n) is 6.55. The van der Waals surface area contributed by atoms with Crippen molar-refractivity contribution in [3.05, 3.63) is 58.6 Å². The topological polar surface area (TPSA) is 69.7 Å². The molecule has 1 aliphatic heterocycles. The van der Waals surface area contributed by atoms with E-state index in [0.29, 0.717) is 16.9 Å². The fourth-order valence-electron chi connectivity index (χ4n) is 3.16. The van der Waals surface area contributed by atoms with Gasteiger partial charge >= 0.3 is 0 Å². The van der Waals surface area contributed by atoms with Crippen molar-refractivity contribution in [3.8, 4) is 0 Å². The fourth-order valence-corrected chi connectivity index (χ4v) is 3.56. The van der Waals surface area contributed by atoms with Gasteiger partial charge in [-0.3, -0.25) is 14.4 Å². The number of fused-ring (bicyclic) bond motifs is 1. The number of carbonyl (C=O) groups is 3. The first kappa shape index (κ1) is 19.1. The van der Waals surface area contributed by atoms with Crippen LogP contribution in [0.15, 0.2) is 53.0 Å². The third-order valence-corrected chi connectivity index (χ3v) is 4.91. The summed E-state index contributed by atoms with van der Waals surface area (Å²) >= 11 is 3.35. The highest BCUT2D eigenvalue weighted by molar-refractivity contribution is 9.10. The molecule has 1 N–H and O–H groups in total. The second-order valence-corrected chi connectivity index (χ2v) is 7.47. The molecule has 0 saturated heterocycles. The van der Waals surface area contributed by atoms with Crippen LogP contribution < -0.4 is 10.2 Å². The van der Waals surface area contributed by atoms with Gasteiger partial charge in [0.1, 0.15) is 6.54 Å². The molecule has 1 heterocycles. The number of rotatable bonds is 3. The van der Waals surface area contributed by atoms with Gasteiger partial charge in [0.05, 0.1) is 11.4 Å². The lowest BCUT2D eigenvalue weighted by Crippen LogP contribution is -2.45. The fraction of sp³-hybridized carbons (Fsp3) is 0.250. The van der Waals surface area contributed by atoms with Crippen LogP contribution in [-0.2, 0) is 9.59 Å². The van der Waals surface area contributed by atoms with E-state index < -0.39 is 0 Å². The van der Waals surface area contributed by atoms with Crippen molar-refractivity contribution in [1.29, 1.82) is 0 Å². The largest absolute Gasteiger partial charge is 0.332 e. The van der Waals surface area contributed by atoms with Gasteiger partial charge in [0.2, 0.25) is 11.8 Å². The van der Waals surface area contributed by atoms with Gasteiger partial charge in [-0.2, -0.15) is 0 Å². The Morgan fingerprint density at radius 2 is 1.96 bits per heavy atom. The van der Waals surface area contributed by atoms with E-state index in [9.17, 15) is 14.4 Å². The smallest absolute Gasteiger partial charge is 0.254 e. The SMILES string of the molecule is CC1CC(=O)Nc2ccccc2N1C(=O)CN(C)C(=O)c1cccc(Br)c1. The number of hydrogen-bond acceptors (Lipinski definition) is 3. The Bertz CT molecular complexity index is 900. The summed E-state index contributed by atoms with van der Waals surface area (Å²) in [6.45, 7) is 1.74. The highest BCUT2D eigenvalue weighted by Gasteiger charge is 2.30. The maximum absolute atomic E-state index is 13.0. The van der Waals surface area contributed by atoms with E-state index in [4.69, 9.17) is 0 Å². The van der Waals surface area contributed by atoms with Crippen molar-refractivity contribution in [2.45, 2.75) is 19.4 Å². The first-order chi connectivity index (χ1) is 12.9. The van der Waals surface area contributed by atoms with E-state index in [1.54, 1.807) is 48.3 Å². The summed E-state index contributed by atoms with van der Waals surface area (Å²) in [5.74, 6) is -0.615. The Balaban J connectivity index is 1.82. The van der Waals surface area contributed by atoms with Crippen molar-refractivity contribution < 1.29 is 14.4 Å². The number of para-hydroxylation sites is 2. The van der Waals surface area contributed by atoms with Gasteiger partial charge in [0.25, 0.3) is 5.91 Å². The molecule has 2 aromatic rings. The summed E-state index contributed by atoms with van der Waals surface area (Å²) in [6.07, 6.45) is 0.198. The molecule has 0 saturated carbocycles. The van der Waals surface area contributed by atoms with E-state index in [0.717, 1.165) is 4.47 Å². The Labute approximate surface area is 166 Å². The van der Waals surface area contributed by atoms with Crippen LogP contribution in [0.1, 0.15) is 23.7 Å². The summed E-state index contributed by atoms with van der Waals surface area (Å²) in [7, 11) is 1.60. The van der Waals surface area contributed by atoms with Crippen LogP contribution in [0.25, 0.3) is 0 Å². The number of carbonyl (C=O) groups excluding carboxylic acids is 3. The minimum atomic E-state index is -0.310.